The molecular formula is C12H19NS. The molecular weight excluding hydrogens is 190 g/mol. The zero-order valence-electron chi connectivity index (χ0n) is 8.99. The number of hydrogen-bond donors (Lipinski definition) is 1. The highest BCUT2D eigenvalue weighted by molar-refractivity contribution is 7.99. The van der Waals surface area contributed by atoms with Crippen LogP contribution in [0.15, 0.2) is 24.3 Å². The van der Waals surface area contributed by atoms with Crippen molar-refractivity contribution in [3.05, 3.63) is 35.4 Å². The Morgan fingerprint density at radius 2 is 1.93 bits per heavy atom. The van der Waals surface area contributed by atoms with E-state index >= 15 is 0 Å². The number of benzene rings is 1. The maximum Gasteiger partial charge on any atom is 0.0190 e. The summed E-state index contributed by atoms with van der Waals surface area (Å²) >= 11 is 2.00. The van der Waals surface area contributed by atoms with Gasteiger partial charge in [-0.3, -0.25) is 0 Å². The summed E-state index contributed by atoms with van der Waals surface area (Å²) in [6, 6.07) is 8.44. The summed E-state index contributed by atoms with van der Waals surface area (Å²) < 4.78 is 0. The number of hydrogen-bond acceptors (Lipinski definition) is 2. The van der Waals surface area contributed by atoms with Crippen LogP contribution in [0.25, 0.3) is 0 Å². The second-order valence-corrected chi connectivity index (χ2v) is 4.93. The SMILES string of the molecule is CCC(C)SCc1ccccc1CN. The summed E-state index contributed by atoms with van der Waals surface area (Å²) in [7, 11) is 0. The molecule has 0 bridgehead atoms. The molecule has 14 heavy (non-hydrogen) atoms. The first kappa shape index (κ1) is 11.6. The maximum atomic E-state index is 5.68. The summed E-state index contributed by atoms with van der Waals surface area (Å²) in [6.07, 6.45) is 1.23. The zero-order chi connectivity index (χ0) is 10.4. The van der Waals surface area contributed by atoms with Gasteiger partial charge in [0.25, 0.3) is 0 Å². The summed E-state index contributed by atoms with van der Waals surface area (Å²) in [6.45, 7) is 5.15. The summed E-state index contributed by atoms with van der Waals surface area (Å²) in [5, 5.41) is 0.737. The zero-order valence-corrected chi connectivity index (χ0v) is 9.81. The second kappa shape index (κ2) is 6.10. The van der Waals surface area contributed by atoms with Gasteiger partial charge in [0, 0.05) is 17.5 Å². The molecule has 0 spiro atoms. The van der Waals surface area contributed by atoms with Crippen LogP contribution in [-0.4, -0.2) is 5.25 Å². The number of thioether (sulfide) groups is 1. The smallest absolute Gasteiger partial charge is 0.0190 e. The minimum absolute atomic E-state index is 0.650. The first-order valence-electron chi connectivity index (χ1n) is 5.16. The molecule has 1 nitrogen and oxygen atoms in total. The van der Waals surface area contributed by atoms with E-state index in [1.165, 1.54) is 17.5 Å². The van der Waals surface area contributed by atoms with E-state index in [9.17, 15) is 0 Å². The van der Waals surface area contributed by atoms with Crippen molar-refractivity contribution in [2.45, 2.75) is 37.8 Å². The van der Waals surface area contributed by atoms with Crippen molar-refractivity contribution in [3.63, 3.8) is 0 Å². The van der Waals surface area contributed by atoms with Crippen molar-refractivity contribution in [1.29, 1.82) is 0 Å². The van der Waals surface area contributed by atoms with E-state index in [1.807, 2.05) is 11.8 Å². The first-order valence-corrected chi connectivity index (χ1v) is 6.21. The molecule has 0 radical (unpaired) electrons. The van der Waals surface area contributed by atoms with Crippen LogP contribution >= 0.6 is 11.8 Å². The number of rotatable bonds is 5. The molecule has 0 amide bonds. The van der Waals surface area contributed by atoms with Crippen molar-refractivity contribution in [2.75, 3.05) is 0 Å². The van der Waals surface area contributed by atoms with Gasteiger partial charge in [0.1, 0.15) is 0 Å². The fraction of sp³-hybridized carbons (Fsp3) is 0.500. The van der Waals surface area contributed by atoms with Crippen molar-refractivity contribution in [1.82, 2.24) is 0 Å². The largest absolute Gasteiger partial charge is 0.326 e. The molecule has 1 atom stereocenters. The molecule has 0 saturated carbocycles. The average molecular weight is 209 g/mol. The monoisotopic (exact) mass is 209 g/mol. The van der Waals surface area contributed by atoms with Gasteiger partial charge < -0.3 is 5.73 Å². The summed E-state index contributed by atoms with van der Waals surface area (Å²) in [5.41, 5.74) is 8.35. The Hall–Kier alpha value is -0.470. The third kappa shape index (κ3) is 3.35. The molecule has 0 aliphatic carbocycles. The van der Waals surface area contributed by atoms with Gasteiger partial charge in [0.2, 0.25) is 0 Å². The third-order valence-electron chi connectivity index (χ3n) is 2.44. The predicted octanol–water partition coefficient (Wildman–Crippen LogP) is 3.18. The van der Waals surface area contributed by atoms with Crippen LogP contribution in [0.5, 0.6) is 0 Å². The second-order valence-electron chi connectivity index (χ2n) is 3.50. The maximum absolute atomic E-state index is 5.68. The quantitative estimate of drug-likeness (QED) is 0.806. The van der Waals surface area contributed by atoms with E-state index in [1.54, 1.807) is 0 Å². The Kier molecular flexibility index (Phi) is 5.05. The Labute approximate surface area is 91.1 Å². The highest BCUT2D eigenvalue weighted by Crippen LogP contribution is 2.21. The van der Waals surface area contributed by atoms with Crippen molar-refractivity contribution in [2.24, 2.45) is 5.73 Å². The van der Waals surface area contributed by atoms with Gasteiger partial charge in [0.15, 0.2) is 0 Å². The Morgan fingerprint density at radius 1 is 1.29 bits per heavy atom. The Bertz CT molecular complexity index is 273. The Morgan fingerprint density at radius 3 is 2.50 bits per heavy atom. The topological polar surface area (TPSA) is 26.0 Å². The number of nitrogens with two attached hydrogens (primary N) is 1. The summed E-state index contributed by atoms with van der Waals surface area (Å²) in [4.78, 5) is 0. The molecule has 78 valence electrons. The van der Waals surface area contributed by atoms with E-state index in [2.05, 4.69) is 38.1 Å². The van der Waals surface area contributed by atoms with E-state index in [0.29, 0.717) is 6.54 Å². The van der Waals surface area contributed by atoms with Gasteiger partial charge in [-0.15, -0.1) is 0 Å². The van der Waals surface area contributed by atoms with Crippen molar-refractivity contribution < 1.29 is 0 Å². The van der Waals surface area contributed by atoms with Crippen LogP contribution in [0.1, 0.15) is 31.4 Å². The minimum Gasteiger partial charge on any atom is -0.326 e. The van der Waals surface area contributed by atoms with Crippen molar-refractivity contribution in [3.8, 4) is 0 Å². The highest BCUT2D eigenvalue weighted by Gasteiger charge is 2.03. The third-order valence-corrected chi connectivity index (χ3v) is 3.82. The fourth-order valence-electron chi connectivity index (χ4n) is 1.25. The lowest BCUT2D eigenvalue weighted by molar-refractivity contribution is 0.904. The molecule has 1 aromatic carbocycles. The van der Waals surface area contributed by atoms with Gasteiger partial charge in [-0.05, 0) is 17.5 Å². The van der Waals surface area contributed by atoms with E-state index in [-0.39, 0.29) is 0 Å². The van der Waals surface area contributed by atoms with E-state index in [0.717, 1.165) is 11.0 Å². The molecule has 1 rings (SSSR count). The van der Waals surface area contributed by atoms with Gasteiger partial charge in [0.05, 0.1) is 0 Å². The van der Waals surface area contributed by atoms with Crippen LogP contribution < -0.4 is 5.73 Å². The minimum atomic E-state index is 0.650. The molecule has 0 saturated heterocycles. The molecule has 2 N–H and O–H groups in total. The molecule has 0 aliphatic heterocycles. The lowest BCUT2D eigenvalue weighted by Crippen LogP contribution is -2.01. The average Bonchev–Trinajstić information content (AvgIpc) is 2.26. The first-order chi connectivity index (χ1) is 6.77. The van der Waals surface area contributed by atoms with Gasteiger partial charge in [-0.25, -0.2) is 0 Å². The molecule has 1 aromatic rings. The Balaban J connectivity index is 2.57. The molecule has 0 aromatic heterocycles. The van der Waals surface area contributed by atoms with Crippen LogP contribution in [-0.2, 0) is 12.3 Å². The molecule has 0 fully saturated rings. The van der Waals surface area contributed by atoms with Crippen LogP contribution in [0.4, 0.5) is 0 Å². The highest BCUT2D eigenvalue weighted by atomic mass is 32.2. The van der Waals surface area contributed by atoms with Gasteiger partial charge in [-0.1, -0.05) is 38.1 Å². The van der Waals surface area contributed by atoms with Crippen molar-refractivity contribution >= 4 is 11.8 Å². The predicted molar refractivity (Wildman–Crippen MR) is 65.4 cm³/mol. The molecule has 0 heterocycles. The lowest BCUT2D eigenvalue weighted by Gasteiger charge is -2.10. The van der Waals surface area contributed by atoms with E-state index < -0.39 is 0 Å². The van der Waals surface area contributed by atoms with E-state index in [4.69, 9.17) is 5.73 Å². The van der Waals surface area contributed by atoms with Gasteiger partial charge >= 0.3 is 0 Å². The normalized spacial score (nSPS) is 12.8. The molecule has 1 unspecified atom stereocenters. The van der Waals surface area contributed by atoms with Gasteiger partial charge in [-0.2, -0.15) is 11.8 Å². The van der Waals surface area contributed by atoms with Crippen LogP contribution in [0.3, 0.4) is 0 Å². The summed E-state index contributed by atoms with van der Waals surface area (Å²) in [5.74, 6) is 1.09. The van der Waals surface area contributed by atoms with Crippen LogP contribution in [0.2, 0.25) is 0 Å². The standard InChI is InChI=1S/C12H19NS/c1-3-10(2)14-9-12-7-5-4-6-11(12)8-13/h4-7,10H,3,8-9,13H2,1-2H3. The van der Waals surface area contributed by atoms with Crippen LogP contribution in [0, 0.1) is 0 Å². The molecule has 0 aliphatic rings. The fourth-order valence-corrected chi connectivity index (χ4v) is 2.23. The molecule has 2 heteroatoms. The lowest BCUT2D eigenvalue weighted by atomic mass is 10.1.